The van der Waals surface area contributed by atoms with Crippen molar-refractivity contribution >= 4 is 17.1 Å². The summed E-state index contributed by atoms with van der Waals surface area (Å²) in [6.45, 7) is 5.59. The molecular weight excluding hydrogens is 262 g/mol. The van der Waals surface area contributed by atoms with Gasteiger partial charge in [-0.2, -0.15) is 0 Å². The maximum atomic E-state index is 10.1. The molecule has 2 aromatic carbocycles. The Bertz CT molecular complexity index is 588. The Morgan fingerprint density at radius 1 is 1.00 bits per heavy atom. The first-order chi connectivity index (χ1) is 9.84. The number of anilines is 3. The summed E-state index contributed by atoms with van der Waals surface area (Å²) < 4.78 is 0. The maximum Gasteiger partial charge on any atom is 0.0934 e. The topological polar surface area (TPSA) is 70.3 Å². The van der Waals surface area contributed by atoms with Crippen molar-refractivity contribution in [1.29, 1.82) is 0 Å². The molecule has 1 unspecified atom stereocenters. The number of nitrogens with two attached hydrogens (primary N) is 1. The molecule has 2 rings (SSSR count). The molecule has 4 heteroatoms. The van der Waals surface area contributed by atoms with Gasteiger partial charge in [0, 0.05) is 17.1 Å². The lowest BCUT2D eigenvalue weighted by Crippen LogP contribution is -2.25. The summed E-state index contributed by atoms with van der Waals surface area (Å²) in [4.78, 5) is 0. The van der Waals surface area contributed by atoms with Gasteiger partial charge in [0.25, 0.3) is 0 Å². The lowest BCUT2D eigenvalue weighted by atomic mass is 9.98. The zero-order valence-electron chi connectivity index (χ0n) is 12.7. The molecule has 5 N–H and O–H groups in total. The smallest absolute Gasteiger partial charge is 0.0934 e. The van der Waals surface area contributed by atoms with Crippen LogP contribution < -0.4 is 16.4 Å². The average molecular weight is 285 g/mol. The minimum absolute atomic E-state index is 0.0469. The third-order valence-electron chi connectivity index (χ3n) is 3.25. The Morgan fingerprint density at radius 2 is 1.62 bits per heavy atom. The standard InChI is InChI=1S/C17H23N3O/c1-12(19-15-9-7-14(18)8-10-15)20-16-6-4-5-13(11-16)17(2,3)21/h4-12,19-21H,18H2,1-3H3. The maximum absolute atomic E-state index is 10.1. The summed E-state index contributed by atoms with van der Waals surface area (Å²) in [7, 11) is 0. The van der Waals surface area contributed by atoms with Gasteiger partial charge in [-0.05, 0) is 62.7 Å². The van der Waals surface area contributed by atoms with Crippen LogP contribution in [0.4, 0.5) is 17.1 Å². The largest absolute Gasteiger partial charge is 0.399 e. The summed E-state index contributed by atoms with van der Waals surface area (Å²) in [6, 6.07) is 15.4. The van der Waals surface area contributed by atoms with E-state index in [9.17, 15) is 5.11 Å². The van der Waals surface area contributed by atoms with Gasteiger partial charge in [-0.25, -0.2) is 0 Å². The van der Waals surface area contributed by atoms with Crippen molar-refractivity contribution in [3.8, 4) is 0 Å². The van der Waals surface area contributed by atoms with Crippen molar-refractivity contribution in [3.05, 3.63) is 54.1 Å². The monoisotopic (exact) mass is 285 g/mol. The highest BCUT2D eigenvalue weighted by Gasteiger charge is 2.16. The van der Waals surface area contributed by atoms with Crippen LogP contribution in [0.5, 0.6) is 0 Å². The van der Waals surface area contributed by atoms with E-state index < -0.39 is 5.60 Å². The molecule has 0 radical (unpaired) electrons. The molecule has 0 saturated carbocycles. The first-order valence-electron chi connectivity index (χ1n) is 7.06. The van der Waals surface area contributed by atoms with Gasteiger partial charge >= 0.3 is 0 Å². The Hall–Kier alpha value is -2.20. The fourth-order valence-electron chi connectivity index (χ4n) is 2.10. The van der Waals surface area contributed by atoms with Crippen LogP contribution in [0.1, 0.15) is 26.3 Å². The molecular formula is C17H23N3O. The second-order valence-electron chi connectivity index (χ2n) is 5.77. The number of nitrogen functional groups attached to an aromatic ring is 1. The third kappa shape index (κ3) is 4.39. The summed E-state index contributed by atoms with van der Waals surface area (Å²) >= 11 is 0. The Labute approximate surface area is 126 Å². The van der Waals surface area contributed by atoms with Gasteiger partial charge in [0.05, 0.1) is 11.8 Å². The summed E-state index contributed by atoms with van der Waals surface area (Å²) in [5.41, 5.74) is 8.43. The Balaban J connectivity index is 2.02. The van der Waals surface area contributed by atoms with Crippen LogP contribution >= 0.6 is 0 Å². The van der Waals surface area contributed by atoms with Crippen molar-refractivity contribution in [2.45, 2.75) is 32.5 Å². The molecule has 112 valence electrons. The number of nitrogens with one attached hydrogen (secondary N) is 2. The molecule has 0 bridgehead atoms. The van der Waals surface area contributed by atoms with Gasteiger partial charge in [0.15, 0.2) is 0 Å². The number of hydrogen-bond acceptors (Lipinski definition) is 4. The first kappa shape index (κ1) is 15.2. The molecule has 0 fully saturated rings. The van der Waals surface area contributed by atoms with Crippen LogP contribution in [0.25, 0.3) is 0 Å². The van der Waals surface area contributed by atoms with Crippen LogP contribution in [0.3, 0.4) is 0 Å². The predicted octanol–water partition coefficient (Wildman–Crippen LogP) is 3.37. The third-order valence-corrected chi connectivity index (χ3v) is 3.25. The van der Waals surface area contributed by atoms with E-state index in [2.05, 4.69) is 10.6 Å². The molecule has 1 atom stereocenters. The van der Waals surface area contributed by atoms with Crippen LogP contribution in [-0.2, 0) is 5.60 Å². The van der Waals surface area contributed by atoms with Crippen LogP contribution in [0.2, 0.25) is 0 Å². The molecule has 0 saturated heterocycles. The zero-order valence-corrected chi connectivity index (χ0v) is 12.7. The predicted molar refractivity (Wildman–Crippen MR) is 89.2 cm³/mol. The first-order valence-corrected chi connectivity index (χ1v) is 7.06. The molecule has 2 aromatic rings. The van der Waals surface area contributed by atoms with E-state index in [0.29, 0.717) is 0 Å². The normalized spacial score (nSPS) is 12.8. The van der Waals surface area contributed by atoms with E-state index >= 15 is 0 Å². The highest BCUT2D eigenvalue weighted by molar-refractivity contribution is 5.54. The van der Waals surface area contributed by atoms with Gasteiger partial charge in [0.1, 0.15) is 0 Å². The van der Waals surface area contributed by atoms with Crippen LogP contribution in [0, 0.1) is 0 Å². The second kappa shape index (κ2) is 6.06. The SMILES string of the molecule is CC(Nc1ccc(N)cc1)Nc1cccc(C(C)(C)O)c1. The molecule has 0 amide bonds. The van der Waals surface area contributed by atoms with E-state index in [4.69, 9.17) is 5.73 Å². The molecule has 0 heterocycles. The lowest BCUT2D eigenvalue weighted by molar-refractivity contribution is 0.0786. The van der Waals surface area contributed by atoms with Gasteiger partial charge < -0.3 is 21.5 Å². The second-order valence-corrected chi connectivity index (χ2v) is 5.77. The van der Waals surface area contributed by atoms with Gasteiger partial charge in [-0.3, -0.25) is 0 Å². The Kier molecular flexibility index (Phi) is 4.38. The number of aliphatic hydroxyl groups is 1. The Morgan fingerprint density at radius 3 is 2.24 bits per heavy atom. The van der Waals surface area contributed by atoms with Crippen molar-refractivity contribution < 1.29 is 5.11 Å². The lowest BCUT2D eigenvalue weighted by Gasteiger charge is -2.22. The highest BCUT2D eigenvalue weighted by Crippen LogP contribution is 2.23. The number of rotatable bonds is 5. The fraction of sp³-hybridized carbons (Fsp3) is 0.294. The van der Waals surface area contributed by atoms with Crippen molar-refractivity contribution in [2.24, 2.45) is 0 Å². The number of benzene rings is 2. The summed E-state index contributed by atoms with van der Waals surface area (Å²) in [5.74, 6) is 0. The molecule has 0 spiro atoms. The van der Waals surface area contributed by atoms with Crippen LogP contribution in [-0.4, -0.2) is 11.3 Å². The zero-order chi connectivity index (χ0) is 15.5. The van der Waals surface area contributed by atoms with E-state index in [1.165, 1.54) is 0 Å². The average Bonchev–Trinajstić information content (AvgIpc) is 2.41. The van der Waals surface area contributed by atoms with Crippen molar-refractivity contribution in [3.63, 3.8) is 0 Å². The molecule has 21 heavy (non-hydrogen) atoms. The fourth-order valence-corrected chi connectivity index (χ4v) is 2.10. The highest BCUT2D eigenvalue weighted by atomic mass is 16.3. The molecule has 4 nitrogen and oxygen atoms in total. The summed E-state index contributed by atoms with van der Waals surface area (Å²) in [6.07, 6.45) is 0.0469. The number of hydrogen-bond donors (Lipinski definition) is 4. The van der Waals surface area contributed by atoms with E-state index in [1.807, 2.05) is 55.5 Å². The van der Waals surface area contributed by atoms with Crippen molar-refractivity contribution in [1.82, 2.24) is 0 Å². The molecule has 0 aliphatic carbocycles. The minimum Gasteiger partial charge on any atom is -0.399 e. The van der Waals surface area contributed by atoms with Gasteiger partial charge in [0.2, 0.25) is 0 Å². The van der Waals surface area contributed by atoms with Crippen molar-refractivity contribution in [2.75, 3.05) is 16.4 Å². The van der Waals surface area contributed by atoms with Gasteiger partial charge in [-0.1, -0.05) is 12.1 Å². The van der Waals surface area contributed by atoms with Crippen LogP contribution in [0.15, 0.2) is 48.5 Å². The van der Waals surface area contributed by atoms with E-state index in [-0.39, 0.29) is 6.17 Å². The van der Waals surface area contributed by atoms with E-state index in [1.54, 1.807) is 13.8 Å². The quantitative estimate of drug-likeness (QED) is 0.502. The van der Waals surface area contributed by atoms with E-state index in [0.717, 1.165) is 22.6 Å². The summed E-state index contributed by atoms with van der Waals surface area (Å²) in [5, 5.41) is 16.8. The molecule has 0 aromatic heterocycles. The molecule has 0 aliphatic heterocycles. The van der Waals surface area contributed by atoms with Gasteiger partial charge in [-0.15, -0.1) is 0 Å². The molecule has 0 aliphatic rings. The minimum atomic E-state index is -0.842.